The predicted molar refractivity (Wildman–Crippen MR) is 116 cm³/mol. The van der Waals surface area contributed by atoms with Crippen LogP contribution < -0.4 is 15.0 Å². The molecule has 1 nitrogen and oxygen atoms in total. The van der Waals surface area contributed by atoms with Crippen molar-refractivity contribution < 1.29 is 4.43 Å². The van der Waals surface area contributed by atoms with Crippen LogP contribution in [-0.2, 0) is 0 Å². The minimum absolute atomic E-state index is 0.284. The third kappa shape index (κ3) is 5.06. The SMILES string of the molecule is Cc1cccc(O[Si]CCCP(c2ccccc2)c2ccccc2)c1C. The average molecular weight is 377 g/mol. The third-order valence-corrected chi connectivity index (χ3v) is 8.06. The van der Waals surface area contributed by atoms with Crippen LogP contribution in [0.15, 0.2) is 78.9 Å². The van der Waals surface area contributed by atoms with E-state index in [1.165, 1.54) is 34.3 Å². The average Bonchev–Trinajstić information content (AvgIpc) is 2.69. The largest absolute Gasteiger partial charge is 0.541 e. The summed E-state index contributed by atoms with van der Waals surface area (Å²) in [5, 5.41) is 2.93. The summed E-state index contributed by atoms with van der Waals surface area (Å²) in [6.45, 7) is 4.28. The quantitative estimate of drug-likeness (QED) is 0.297. The zero-order valence-electron chi connectivity index (χ0n) is 15.5. The van der Waals surface area contributed by atoms with Gasteiger partial charge < -0.3 is 4.43 Å². The lowest BCUT2D eigenvalue weighted by Gasteiger charge is -2.18. The first-order chi connectivity index (χ1) is 12.8. The van der Waals surface area contributed by atoms with E-state index in [0.29, 0.717) is 9.76 Å². The minimum atomic E-state index is -0.284. The Bertz CT molecular complexity index is 765. The maximum Gasteiger partial charge on any atom is 0.310 e. The monoisotopic (exact) mass is 376 g/mol. The molecule has 132 valence electrons. The van der Waals surface area contributed by atoms with Crippen molar-refractivity contribution in [3.63, 3.8) is 0 Å². The van der Waals surface area contributed by atoms with Crippen molar-refractivity contribution in [2.24, 2.45) is 0 Å². The zero-order chi connectivity index (χ0) is 18.2. The molecule has 0 amide bonds. The first-order valence-electron chi connectivity index (χ1n) is 9.09. The Morgan fingerprint density at radius 1 is 0.769 bits per heavy atom. The molecule has 2 radical (unpaired) electrons. The van der Waals surface area contributed by atoms with Crippen molar-refractivity contribution in [2.75, 3.05) is 6.16 Å². The molecule has 0 saturated carbocycles. The molecule has 3 heteroatoms. The summed E-state index contributed by atoms with van der Waals surface area (Å²) >= 11 is 0. The first-order valence-corrected chi connectivity index (χ1v) is 11.7. The number of hydrogen-bond donors (Lipinski definition) is 0. The Hall–Kier alpha value is -1.89. The molecule has 3 rings (SSSR count). The minimum Gasteiger partial charge on any atom is -0.541 e. The lowest BCUT2D eigenvalue weighted by Crippen LogP contribution is -2.14. The third-order valence-electron chi connectivity index (χ3n) is 4.53. The summed E-state index contributed by atoms with van der Waals surface area (Å²) in [4.78, 5) is 0. The van der Waals surface area contributed by atoms with E-state index in [1.807, 2.05) is 0 Å². The first kappa shape index (κ1) is 18.9. The Morgan fingerprint density at radius 2 is 1.38 bits per heavy atom. The van der Waals surface area contributed by atoms with Gasteiger partial charge in [-0.15, -0.1) is 0 Å². The molecule has 0 aromatic heterocycles. The highest BCUT2D eigenvalue weighted by Crippen LogP contribution is 2.34. The molecular formula is C23H25OPSi. The lowest BCUT2D eigenvalue weighted by atomic mass is 10.1. The molecule has 0 aliphatic carbocycles. The molecule has 3 aromatic carbocycles. The van der Waals surface area contributed by atoms with Crippen molar-refractivity contribution in [1.29, 1.82) is 0 Å². The maximum atomic E-state index is 6.05. The number of rotatable bonds is 8. The molecule has 0 saturated heterocycles. The van der Waals surface area contributed by atoms with Crippen LogP contribution in [-0.4, -0.2) is 15.9 Å². The van der Waals surface area contributed by atoms with E-state index < -0.39 is 0 Å². The van der Waals surface area contributed by atoms with Crippen LogP contribution in [0.4, 0.5) is 0 Å². The van der Waals surface area contributed by atoms with Crippen LogP contribution in [0, 0.1) is 13.8 Å². The standard InChI is InChI=1S/C23H25OPSi/c1-19-11-9-16-23(20(19)2)24-26-18-10-17-25(21-12-5-3-6-13-21)22-14-7-4-8-15-22/h3-9,11-16H,10,17-18H2,1-2H3. The summed E-state index contributed by atoms with van der Waals surface area (Å²) in [5.74, 6) is 1.04. The van der Waals surface area contributed by atoms with Crippen LogP contribution in [0.5, 0.6) is 5.75 Å². The van der Waals surface area contributed by atoms with Gasteiger partial charge >= 0.3 is 9.76 Å². The molecule has 3 aromatic rings. The highest BCUT2D eigenvalue weighted by Gasteiger charge is 2.13. The Labute approximate surface area is 161 Å². The zero-order valence-corrected chi connectivity index (χ0v) is 17.4. The van der Waals surface area contributed by atoms with Crippen molar-refractivity contribution in [2.45, 2.75) is 26.3 Å². The summed E-state index contributed by atoms with van der Waals surface area (Å²) in [6.07, 6.45) is 2.41. The lowest BCUT2D eigenvalue weighted by molar-refractivity contribution is 0.584. The van der Waals surface area contributed by atoms with Gasteiger partial charge in [-0.3, -0.25) is 0 Å². The number of aryl methyl sites for hydroxylation is 1. The van der Waals surface area contributed by atoms with Gasteiger partial charge in [0.25, 0.3) is 0 Å². The van der Waals surface area contributed by atoms with E-state index in [2.05, 4.69) is 92.7 Å². The van der Waals surface area contributed by atoms with Gasteiger partial charge in [-0.25, -0.2) is 0 Å². The van der Waals surface area contributed by atoms with Crippen LogP contribution >= 0.6 is 7.92 Å². The van der Waals surface area contributed by atoms with Crippen molar-refractivity contribution >= 4 is 28.3 Å². The Kier molecular flexibility index (Phi) is 7.05. The van der Waals surface area contributed by atoms with E-state index >= 15 is 0 Å². The number of hydrogen-bond acceptors (Lipinski definition) is 1. The Morgan fingerprint density at radius 3 is 2.00 bits per heavy atom. The summed E-state index contributed by atoms with van der Waals surface area (Å²) < 4.78 is 6.05. The van der Waals surface area contributed by atoms with Gasteiger partial charge in [0.05, 0.1) is 0 Å². The van der Waals surface area contributed by atoms with Gasteiger partial charge in [0, 0.05) is 0 Å². The van der Waals surface area contributed by atoms with Crippen LogP contribution in [0.25, 0.3) is 0 Å². The van der Waals surface area contributed by atoms with E-state index in [9.17, 15) is 0 Å². The Balaban J connectivity index is 1.56. The van der Waals surface area contributed by atoms with Crippen molar-refractivity contribution in [3.8, 4) is 5.75 Å². The van der Waals surface area contributed by atoms with Crippen LogP contribution in [0.3, 0.4) is 0 Å². The van der Waals surface area contributed by atoms with E-state index in [0.717, 1.165) is 11.8 Å². The van der Waals surface area contributed by atoms with Gasteiger partial charge in [-0.1, -0.05) is 72.8 Å². The molecule has 26 heavy (non-hydrogen) atoms. The normalized spacial score (nSPS) is 10.9. The molecule has 0 bridgehead atoms. The summed E-state index contributed by atoms with van der Waals surface area (Å²) in [7, 11) is 0.243. The maximum absolute atomic E-state index is 6.05. The molecule has 0 heterocycles. The molecule has 0 aliphatic heterocycles. The highest BCUT2D eigenvalue weighted by atomic mass is 31.1. The van der Waals surface area contributed by atoms with E-state index in [1.54, 1.807) is 0 Å². The molecule has 0 unspecified atom stereocenters. The summed E-state index contributed by atoms with van der Waals surface area (Å²) in [5.41, 5.74) is 2.56. The van der Waals surface area contributed by atoms with Gasteiger partial charge in [-0.05, 0) is 68.2 Å². The van der Waals surface area contributed by atoms with E-state index in [-0.39, 0.29) is 7.92 Å². The van der Waals surface area contributed by atoms with Crippen LogP contribution in [0.2, 0.25) is 6.04 Å². The molecule has 0 aliphatic rings. The second-order valence-corrected chi connectivity index (χ2v) is 9.70. The predicted octanol–water partition coefficient (Wildman–Crippen LogP) is 5.24. The molecular weight excluding hydrogens is 351 g/mol. The molecule has 0 N–H and O–H groups in total. The van der Waals surface area contributed by atoms with Gasteiger partial charge in [-0.2, -0.15) is 0 Å². The molecule has 0 spiro atoms. The smallest absolute Gasteiger partial charge is 0.310 e. The molecule has 0 atom stereocenters. The van der Waals surface area contributed by atoms with E-state index in [4.69, 9.17) is 4.43 Å². The van der Waals surface area contributed by atoms with Gasteiger partial charge in [0.2, 0.25) is 0 Å². The summed E-state index contributed by atoms with van der Waals surface area (Å²) in [6, 6.07) is 29.3. The highest BCUT2D eigenvalue weighted by molar-refractivity contribution is 7.73. The second kappa shape index (κ2) is 9.71. The fourth-order valence-corrected chi connectivity index (χ4v) is 6.35. The fourth-order valence-electron chi connectivity index (χ4n) is 2.90. The van der Waals surface area contributed by atoms with Crippen molar-refractivity contribution in [3.05, 3.63) is 90.0 Å². The van der Waals surface area contributed by atoms with Crippen LogP contribution in [0.1, 0.15) is 17.5 Å². The molecule has 0 fully saturated rings. The van der Waals surface area contributed by atoms with Gasteiger partial charge in [0.1, 0.15) is 5.75 Å². The fraction of sp³-hybridized carbons (Fsp3) is 0.217. The number of benzene rings is 3. The van der Waals surface area contributed by atoms with Gasteiger partial charge in [0.15, 0.2) is 0 Å². The van der Waals surface area contributed by atoms with Crippen molar-refractivity contribution in [1.82, 2.24) is 0 Å². The topological polar surface area (TPSA) is 9.23 Å². The second-order valence-electron chi connectivity index (χ2n) is 6.37.